The van der Waals surface area contributed by atoms with Gasteiger partial charge >= 0.3 is 6.03 Å². The number of nitrogens with zero attached hydrogens (tertiary/aromatic N) is 6. The first-order valence-electron chi connectivity index (χ1n) is 14.7. The number of hydrogen-bond donors (Lipinski definition) is 2. The fraction of sp³-hybridized carbons (Fsp3) is 0.235. The van der Waals surface area contributed by atoms with Gasteiger partial charge in [0, 0.05) is 67.1 Å². The summed E-state index contributed by atoms with van der Waals surface area (Å²) in [5, 5.41) is 6.32. The Bertz CT molecular complexity index is 1710. The predicted molar refractivity (Wildman–Crippen MR) is 175 cm³/mol. The Labute approximate surface area is 257 Å². The Morgan fingerprint density at radius 1 is 1.05 bits per heavy atom. The Morgan fingerprint density at radius 2 is 1.86 bits per heavy atom. The second-order valence-corrected chi connectivity index (χ2v) is 11.3. The molecule has 3 aromatic carbocycles. The summed E-state index contributed by atoms with van der Waals surface area (Å²) in [6.07, 6.45) is 6.04. The minimum atomic E-state index is -0.241. The number of carbonyl (C=O) groups excluding carboxylic acids is 2. The molecular weight excluding hydrogens is 552 g/mol. The molecule has 0 aliphatic carbocycles. The van der Waals surface area contributed by atoms with E-state index in [1.54, 1.807) is 34.2 Å². The Hall–Kier alpha value is -5.22. The normalized spacial score (nSPS) is 14.3. The lowest BCUT2D eigenvalue weighted by atomic mass is 10.1. The van der Waals surface area contributed by atoms with Crippen LogP contribution in [0.3, 0.4) is 0 Å². The van der Waals surface area contributed by atoms with Crippen molar-refractivity contribution in [2.24, 2.45) is 0 Å². The highest BCUT2D eigenvalue weighted by molar-refractivity contribution is 6.03. The van der Waals surface area contributed by atoms with E-state index in [9.17, 15) is 9.59 Å². The van der Waals surface area contributed by atoms with Crippen LogP contribution in [0, 0.1) is 0 Å². The van der Waals surface area contributed by atoms with Crippen LogP contribution in [0.1, 0.15) is 16.7 Å². The van der Waals surface area contributed by atoms with Crippen molar-refractivity contribution in [3.8, 4) is 0 Å². The van der Waals surface area contributed by atoms with Crippen LogP contribution in [-0.4, -0.2) is 65.9 Å². The molecule has 0 unspecified atom stereocenters. The number of aromatic nitrogens is 2. The van der Waals surface area contributed by atoms with Gasteiger partial charge in [0.05, 0.1) is 12.2 Å². The first-order chi connectivity index (χ1) is 21.4. The van der Waals surface area contributed by atoms with Crippen LogP contribution in [0.2, 0.25) is 0 Å². The lowest BCUT2D eigenvalue weighted by molar-refractivity contribution is -0.111. The van der Waals surface area contributed by atoms with Crippen molar-refractivity contribution in [2.75, 3.05) is 54.7 Å². The molecule has 10 heteroatoms. The lowest BCUT2D eigenvalue weighted by Crippen LogP contribution is -2.45. The summed E-state index contributed by atoms with van der Waals surface area (Å²) in [5.41, 5.74) is 6.39. The van der Waals surface area contributed by atoms with E-state index in [-0.39, 0.29) is 11.9 Å². The molecule has 2 aliphatic rings. The van der Waals surface area contributed by atoms with Gasteiger partial charge in [-0.1, -0.05) is 48.5 Å². The molecule has 2 aliphatic heterocycles. The van der Waals surface area contributed by atoms with Crippen LogP contribution in [0.15, 0.2) is 91.1 Å². The zero-order valence-corrected chi connectivity index (χ0v) is 25.2. The van der Waals surface area contributed by atoms with Crippen LogP contribution in [0.4, 0.5) is 39.3 Å². The summed E-state index contributed by atoms with van der Waals surface area (Å²) in [6.45, 7) is 2.42. The molecule has 0 saturated heterocycles. The third-order valence-corrected chi connectivity index (χ3v) is 7.71. The summed E-state index contributed by atoms with van der Waals surface area (Å²) in [4.78, 5) is 43.9. The molecule has 10 nitrogen and oxygen atoms in total. The number of rotatable bonds is 9. The van der Waals surface area contributed by atoms with Crippen LogP contribution >= 0.6 is 0 Å². The number of likely N-dealkylation sites (N-methyl/N-ethyl adjacent to an activating group) is 2. The van der Waals surface area contributed by atoms with Gasteiger partial charge in [0.25, 0.3) is 0 Å². The van der Waals surface area contributed by atoms with Crippen molar-refractivity contribution in [2.45, 2.75) is 19.5 Å². The SMILES string of the molecule is CN(C)C/C=C/C(=O)Nc1cccc(N2C(=O)N(Cc3ccccc3)Cc3cnc(Nc4cccc5c4CCN5C)nc32)c1. The smallest absolute Gasteiger partial charge is 0.330 e. The van der Waals surface area contributed by atoms with Crippen LogP contribution in [0.25, 0.3) is 0 Å². The maximum absolute atomic E-state index is 14.2. The summed E-state index contributed by atoms with van der Waals surface area (Å²) in [6, 6.07) is 23.1. The molecule has 0 radical (unpaired) electrons. The van der Waals surface area contributed by atoms with Gasteiger partial charge in [0.15, 0.2) is 5.82 Å². The number of urea groups is 1. The Balaban J connectivity index is 1.33. The number of amides is 3. The monoisotopic (exact) mass is 588 g/mol. The van der Waals surface area contributed by atoms with Gasteiger partial charge in [-0.3, -0.25) is 4.79 Å². The summed E-state index contributed by atoms with van der Waals surface area (Å²) < 4.78 is 0. The first-order valence-corrected chi connectivity index (χ1v) is 14.7. The maximum Gasteiger partial charge on any atom is 0.330 e. The number of benzene rings is 3. The molecule has 3 heterocycles. The third-order valence-electron chi connectivity index (χ3n) is 7.71. The molecular formula is C34H36N8O2. The molecule has 6 rings (SSSR count). The zero-order valence-electron chi connectivity index (χ0n) is 25.2. The minimum absolute atomic E-state index is 0.206. The first kappa shape index (κ1) is 28.9. The fourth-order valence-electron chi connectivity index (χ4n) is 5.54. The molecule has 0 spiro atoms. The molecule has 3 amide bonds. The van der Waals surface area contributed by atoms with Crippen molar-refractivity contribution in [3.05, 3.63) is 108 Å². The van der Waals surface area contributed by atoms with Crippen LogP contribution < -0.4 is 20.4 Å². The number of carbonyl (C=O) groups is 2. The Kier molecular flexibility index (Phi) is 8.25. The van der Waals surface area contributed by atoms with Crippen LogP contribution in [-0.2, 0) is 24.3 Å². The fourth-order valence-corrected chi connectivity index (χ4v) is 5.54. The van der Waals surface area contributed by atoms with Crippen LogP contribution in [0.5, 0.6) is 0 Å². The molecule has 224 valence electrons. The topological polar surface area (TPSA) is 96.9 Å². The van der Waals surface area contributed by atoms with E-state index in [0.29, 0.717) is 42.8 Å². The molecule has 1 aromatic heterocycles. The lowest BCUT2D eigenvalue weighted by Gasteiger charge is -2.36. The average molecular weight is 589 g/mol. The van der Waals surface area contributed by atoms with E-state index in [1.165, 1.54) is 17.3 Å². The standard InChI is InChI=1S/C34H36N8O2/c1-39(2)18-9-16-31(43)36-26-12-7-13-27(20-26)42-32-25(23-41(34(42)44)22-24-10-5-4-6-11-24)21-35-33(38-32)37-29-14-8-15-30-28(29)17-19-40(30)3/h4-16,20-21H,17-19,22-23H2,1-3H3,(H,36,43)(H,35,37,38)/b16-9+. The van der Waals surface area contributed by atoms with E-state index in [2.05, 4.69) is 33.6 Å². The summed E-state index contributed by atoms with van der Waals surface area (Å²) >= 11 is 0. The summed E-state index contributed by atoms with van der Waals surface area (Å²) in [7, 11) is 5.97. The van der Waals surface area contributed by atoms with E-state index in [1.807, 2.05) is 73.6 Å². The molecule has 0 fully saturated rings. The van der Waals surface area contributed by atoms with Crippen molar-refractivity contribution in [1.29, 1.82) is 0 Å². The van der Waals surface area contributed by atoms with E-state index < -0.39 is 0 Å². The molecule has 4 aromatic rings. The van der Waals surface area contributed by atoms with Gasteiger partial charge in [0.2, 0.25) is 11.9 Å². The maximum atomic E-state index is 14.2. The number of fused-ring (bicyclic) bond motifs is 2. The van der Waals surface area contributed by atoms with Gasteiger partial charge in [0.1, 0.15) is 0 Å². The number of nitrogens with one attached hydrogen (secondary N) is 2. The van der Waals surface area contributed by atoms with Crippen molar-refractivity contribution >= 4 is 46.5 Å². The van der Waals surface area contributed by atoms with Gasteiger partial charge in [-0.25, -0.2) is 14.7 Å². The largest absolute Gasteiger partial charge is 0.374 e. The van der Waals surface area contributed by atoms with Gasteiger partial charge in [-0.15, -0.1) is 0 Å². The Morgan fingerprint density at radius 3 is 2.68 bits per heavy atom. The zero-order chi connectivity index (χ0) is 30.6. The van der Waals surface area contributed by atoms with Gasteiger partial charge in [-0.2, -0.15) is 4.98 Å². The van der Waals surface area contributed by atoms with Gasteiger partial charge in [-0.05, 0) is 56.4 Å². The molecule has 2 N–H and O–H groups in total. The van der Waals surface area contributed by atoms with E-state index in [4.69, 9.17) is 4.98 Å². The highest BCUT2D eigenvalue weighted by Crippen LogP contribution is 2.37. The molecule has 44 heavy (non-hydrogen) atoms. The average Bonchev–Trinajstić information content (AvgIpc) is 3.39. The minimum Gasteiger partial charge on any atom is -0.374 e. The quantitative estimate of drug-likeness (QED) is 0.248. The third kappa shape index (κ3) is 6.25. The number of anilines is 6. The number of hydrogen-bond acceptors (Lipinski definition) is 7. The predicted octanol–water partition coefficient (Wildman–Crippen LogP) is 5.54. The van der Waals surface area contributed by atoms with E-state index >= 15 is 0 Å². The van der Waals surface area contributed by atoms with Crippen molar-refractivity contribution in [1.82, 2.24) is 19.8 Å². The highest BCUT2D eigenvalue weighted by atomic mass is 16.2. The summed E-state index contributed by atoms with van der Waals surface area (Å²) in [5.74, 6) is 0.683. The molecule has 0 atom stereocenters. The second kappa shape index (κ2) is 12.6. The van der Waals surface area contributed by atoms with Crippen molar-refractivity contribution in [3.63, 3.8) is 0 Å². The molecule has 0 bridgehead atoms. The molecule has 0 saturated carbocycles. The van der Waals surface area contributed by atoms with Crippen molar-refractivity contribution < 1.29 is 9.59 Å². The van der Waals surface area contributed by atoms with E-state index in [0.717, 1.165) is 29.8 Å². The van der Waals surface area contributed by atoms with Gasteiger partial charge < -0.3 is 25.3 Å². The highest BCUT2D eigenvalue weighted by Gasteiger charge is 2.34. The second-order valence-electron chi connectivity index (χ2n) is 11.3.